The van der Waals surface area contributed by atoms with E-state index in [1.807, 2.05) is 27.7 Å². The molecule has 200 valence electrons. The number of aliphatic carboxylic acids is 1. The minimum absolute atomic E-state index is 0.0637. The van der Waals surface area contributed by atoms with Gasteiger partial charge in [0.2, 0.25) is 11.8 Å². The number of likely N-dealkylation sites (tertiary alicyclic amines) is 1. The van der Waals surface area contributed by atoms with Crippen LogP contribution in [0.25, 0.3) is 0 Å². The number of carboxylic acids is 1. The second-order valence-corrected chi connectivity index (χ2v) is 10.2. The minimum Gasteiger partial charge on any atom is -0.508 e. The highest BCUT2D eigenvalue weighted by atomic mass is 16.5. The smallest absolute Gasteiger partial charge is 0.329 e. The number of nitrogens with zero attached hydrogens (tertiary/aromatic N) is 1. The maximum Gasteiger partial charge on any atom is 0.329 e. The minimum atomic E-state index is -1.17. The van der Waals surface area contributed by atoms with Crippen molar-refractivity contribution in [2.75, 3.05) is 6.54 Å². The van der Waals surface area contributed by atoms with Crippen LogP contribution in [0.15, 0.2) is 24.3 Å². The first kappa shape index (κ1) is 29.1. The Balaban J connectivity index is 2.26. The number of carbonyl (C=O) groups is 4. The monoisotopic (exact) mass is 505 g/mol. The number of ether oxygens (including phenoxy) is 1. The van der Waals surface area contributed by atoms with E-state index in [2.05, 4.69) is 5.32 Å². The van der Waals surface area contributed by atoms with Crippen molar-refractivity contribution in [3.8, 4) is 5.75 Å². The Hall–Kier alpha value is -3.14. The van der Waals surface area contributed by atoms with Gasteiger partial charge in [0, 0.05) is 19.4 Å². The molecule has 0 aromatic heterocycles. The number of amides is 2. The van der Waals surface area contributed by atoms with Crippen molar-refractivity contribution in [2.45, 2.75) is 84.0 Å². The molecule has 4 atom stereocenters. The van der Waals surface area contributed by atoms with E-state index < -0.39 is 42.6 Å². The molecule has 1 saturated heterocycles. The van der Waals surface area contributed by atoms with E-state index in [9.17, 15) is 29.4 Å². The third-order valence-corrected chi connectivity index (χ3v) is 6.25. The van der Waals surface area contributed by atoms with Crippen LogP contribution in [0, 0.1) is 11.8 Å². The molecule has 1 aromatic carbocycles. The predicted molar refractivity (Wildman–Crippen MR) is 133 cm³/mol. The number of nitrogens with two attached hydrogens (primary N) is 1. The van der Waals surface area contributed by atoms with Gasteiger partial charge < -0.3 is 30.9 Å². The van der Waals surface area contributed by atoms with E-state index in [0.29, 0.717) is 24.9 Å². The summed E-state index contributed by atoms with van der Waals surface area (Å²) in [4.78, 5) is 51.9. The van der Waals surface area contributed by atoms with Crippen LogP contribution in [-0.4, -0.2) is 69.6 Å². The van der Waals surface area contributed by atoms with Gasteiger partial charge in [-0.3, -0.25) is 14.4 Å². The Bertz CT molecular complexity index is 917. The Morgan fingerprint density at radius 1 is 1.11 bits per heavy atom. The number of esters is 1. The van der Waals surface area contributed by atoms with Crippen molar-refractivity contribution in [3.05, 3.63) is 29.8 Å². The highest BCUT2D eigenvalue weighted by Gasteiger charge is 2.41. The standard InChI is InChI=1S/C26H39N3O7/c1-15(2)12-22(31)28-19(13-17-7-9-18(30)10-8-17)26(35)36-21(14-23(32)33)20-6-5-11-29(20)25(34)24(27)16(3)4/h7-10,15-16,19-21,24,30H,5-6,11-14,27H2,1-4H3,(H,28,31)(H,32,33)/t19-,20-,21-,24-/m0/s1. The summed E-state index contributed by atoms with van der Waals surface area (Å²) in [5, 5.41) is 21.8. The van der Waals surface area contributed by atoms with Crippen LogP contribution >= 0.6 is 0 Å². The molecule has 1 fully saturated rings. The van der Waals surface area contributed by atoms with E-state index >= 15 is 0 Å². The summed E-state index contributed by atoms with van der Waals surface area (Å²) >= 11 is 0. The predicted octanol–water partition coefficient (Wildman–Crippen LogP) is 1.83. The summed E-state index contributed by atoms with van der Waals surface area (Å²) < 4.78 is 5.71. The summed E-state index contributed by atoms with van der Waals surface area (Å²) in [6.07, 6.45) is -0.168. The molecule has 10 heteroatoms. The van der Waals surface area contributed by atoms with Crippen LogP contribution in [0.2, 0.25) is 0 Å². The quantitative estimate of drug-likeness (QED) is 0.313. The second-order valence-electron chi connectivity index (χ2n) is 10.2. The fourth-order valence-electron chi connectivity index (χ4n) is 4.27. The molecule has 2 amide bonds. The second kappa shape index (κ2) is 13.2. The van der Waals surface area contributed by atoms with E-state index in [1.165, 1.54) is 17.0 Å². The fraction of sp³-hybridized carbons (Fsp3) is 0.615. The Labute approximate surface area is 212 Å². The van der Waals surface area contributed by atoms with Gasteiger partial charge in [-0.05, 0) is 42.4 Å². The molecule has 1 aliphatic heterocycles. The van der Waals surface area contributed by atoms with Crippen LogP contribution in [0.1, 0.15) is 58.9 Å². The number of aromatic hydroxyl groups is 1. The summed E-state index contributed by atoms with van der Waals surface area (Å²) in [6.45, 7) is 7.82. The molecule has 10 nitrogen and oxygen atoms in total. The van der Waals surface area contributed by atoms with Crippen molar-refractivity contribution in [1.29, 1.82) is 0 Å². The van der Waals surface area contributed by atoms with E-state index in [1.54, 1.807) is 12.1 Å². The first-order valence-electron chi connectivity index (χ1n) is 12.4. The van der Waals surface area contributed by atoms with Gasteiger partial charge in [0.05, 0.1) is 18.5 Å². The first-order valence-corrected chi connectivity index (χ1v) is 12.4. The Kier molecular flexibility index (Phi) is 10.7. The molecular formula is C26H39N3O7. The molecular weight excluding hydrogens is 466 g/mol. The number of phenolic OH excluding ortho intramolecular Hbond substituents is 1. The molecule has 36 heavy (non-hydrogen) atoms. The zero-order chi connectivity index (χ0) is 27.0. The van der Waals surface area contributed by atoms with Crippen LogP contribution in [0.4, 0.5) is 0 Å². The number of phenols is 1. The lowest BCUT2D eigenvalue weighted by molar-refractivity contribution is -0.162. The third-order valence-electron chi connectivity index (χ3n) is 6.25. The SMILES string of the molecule is CC(C)CC(=O)N[C@@H](Cc1ccc(O)cc1)C(=O)O[C@@H](CC(=O)O)[C@@H]1CCCN1C(=O)[C@@H](N)C(C)C. The van der Waals surface area contributed by atoms with Crippen molar-refractivity contribution in [2.24, 2.45) is 17.6 Å². The lowest BCUT2D eigenvalue weighted by Gasteiger charge is -2.33. The lowest BCUT2D eigenvalue weighted by atomic mass is 10.0. The van der Waals surface area contributed by atoms with Crippen LogP contribution in [0.3, 0.4) is 0 Å². The van der Waals surface area contributed by atoms with Gasteiger partial charge in [-0.15, -0.1) is 0 Å². The molecule has 1 heterocycles. The van der Waals surface area contributed by atoms with E-state index in [0.717, 1.165) is 0 Å². The largest absolute Gasteiger partial charge is 0.508 e. The van der Waals surface area contributed by atoms with Gasteiger partial charge in [0.25, 0.3) is 0 Å². The zero-order valence-electron chi connectivity index (χ0n) is 21.5. The topological polar surface area (TPSA) is 159 Å². The van der Waals surface area contributed by atoms with Crippen molar-refractivity contribution in [3.63, 3.8) is 0 Å². The maximum atomic E-state index is 13.3. The Morgan fingerprint density at radius 2 is 1.75 bits per heavy atom. The van der Waals surface area contributed by atoms with Gasteiger partial charge >= 0.3 is 11.9 Å². The van der Waals surface area contributed by atoms with Gasteiger partial charge in [0.15, 0.2) is 0 Å². The van der Waals surface area contributed by atoms with Gasteiger partial charge in [0.1, 0.15) is 17.9 Å². The first-order chi connectivity index (χ1) is 16.9. The number of carboxylic acid groups (broad SMARTS) is 1. The molecule has 0 unspecified atom stereocenters. The number of hydrogen-bond acceptors (Lipinski definition) is 7. The fourth-order valence-corrected chi connectivity index (χ4v) is 4.27. The third kappa shape index (κ3) is 8.51. The van der Waals surface area contributed by atoms with Gasteiger partial charge in [-0.25, -0.2) is 4.79 Å². The Morgan fingerprint density at radius 3 is 2.31 bits per heavy atom. The molecule has 1 aromatic rings. The molecule has 1 aliphatic rings. The molecule has 2 rings (SSSR count). The van der Waals surface area contributed by atoms with Crippen LogP contribution in [0.5, 0.6) is 5.75 Å². The van der Waals surface area contributed by atoms with Gasteiger partial charge in [-0.2, -0.15) is 0 Å². The average molecular weight is 506 g/mol. The maximum absolute atomic E-state index is 13.3. The van der Waals surface area contributed by atoms with Crippen LogP contribution < -0.4 is 11.1 Å². The molecule has 0 bridgehead atoms. The lowest BCUT2D eigenvalue weighted by Crippen LogP contribution is -2.53. The van der Waals surface area contributed by atoms with Crippen molar-refractivity contribution < 1.29 is 34.1 Å². The normalized spacial score (nSPS) is 18.1. The molecule has 0 saturated carbocycles. The van der Waals surface area contributed by atoms with Crippen molar-refractivity contribution >= 4 is 23.8 Å². The number of carbonyl (C=O) groups excluding carboxylic acids is 3. The highest BCUT2D eigenvalue weighted by molar-refractivity contribution is 5.85. The summed E-state index contributed by atoms with van der Waals surface area (Å²) in [6, 6.07) is 3.77. The highest BCUT2D eigenvalue weighted by Crippen LogP contribution is 2.26. The number of rotatable bonds is 12. The van der Waals surface area contributed by atoms with Gasteiger partial charge in [-0.1, -0.05) is 39.8 Å². The van der Waals surface area contributed by atoms with E-state index in [4.69, 9.17) is 10.5 Å². The summed E-state index contributed by atoms with van der Waals surface area (Å²) in [5.74, 6) is -2.55. The number of nitrogens with one attached hydrogen (secondary N) is 1. The molecule has 0 radical (unpaired) electrons. The van der Waals surface area contributed by atoms with Crippen molar-refractivity contribution in [1.82, 2.24) is 10.2 Å². The number of hydrogen-bond donors (Lipinski definition) is 4. The van der Waals surface area contributed by atoms with Crippen LogP contribution in [-0.2, 0) is 30.3 Å². The summed E-state index contributed by atoms with van der Waals surface area (Å²) in [5.41, 5.74) is 6.74. The van der Waals surface area contributed by atoms with E-state index in [-0.39, 0.29) is 42.2 Å². The molecule has 0 aliphatic carbocycles. The molecule has 0 spiro atoms. The molecule has 5 N–H and O–H groups in total. The average Bonchev–Trinajstić information content (AvgIpc) is 3.27. The summed E-state index contributed by atoms with van der Waals surface area (Å²) in [7, 11) is 0. The zero-order valence-corrected chi connectivity index (χ0v) is 21.5. The number of benzene rings is 1.